The van der Waals surface area contributed by atoms with E-state index in [0.717, 1.165) is 0 Å². The number of hydrogen-bond acceptors (Lipinski definition) is 5. The van der Waals surface area contributed by atoms with Gasteiger partial charge in [-0.25, -0.2) is 0 Å². The van der Waals surface area contributed by atoms with E-state index in [0.29, 0.717) is 26.3 Å². The number of rotatable bonds is 3. The van der Waals surface area contributed by atoms with Crippen molar-refractivity contribution < 1.29 is 0 Å². The molecule has 2 unspecified atom stereocenters. The van der Waals surface area contributed by atoms with Gasteiger partial charge in [0, 0.05) is 0 Å². The molecule has 17 heavy (non-hydrogen) atoms. The largest absolute Gasteiger partial charge is 0.264 e. The Morgan fingerprint density at radius 2 is 1.59 bits per heavy atom. The summed E-state index contributed by atoms with van der Waals surface area (Å²) >= 11 is 0. The van der Waals surface area contributed by atoms with E-state index in [9.17, 15) is 0 Å². The summed E-state index contributed by atoms with van der Waals surface area (Å²) in [5.41, 5.74) is 0. The molecule has 2 atom stereocenters. The molecule has 5 nitrogen and oxygen atoms in total. The third-order valence-electron chi connectivity index (χ3n) is 3.20. The molecule has 1 aliphatic rings. The normalized spacial score (nSPS) is 27.0. The lowest BCUT2D eigenvalue weighted by atomic mass is 10.2. The van der Waals surface area contributed by atoms with Crippen LogP contribution in [0.4, 0.5) is 0 Å². The highest BCUT2D eigenvalue weighted by Gasteiger charge is 2.34. The molecule has 5 heteroatoms. The van der Waals surface area contributed by atoms with Gasteiger partial charge in [-0.3, -0.25) is 14.7 Å². The predicted octanol–water partition coefficient (Wildman–Crippen LogP) is 0.236. The minimum atomic E-state index is 0.0818. The van der Waals surface area contributed by atoms with Gasteiger partial charge in [0.05, 0.1) is 50.8 Å². The molecule has 0 aromatic heterocycles. The third kappa shape index (κ3) is 2.96. The van der Waals surface area contributed by atoms with Gasteiger partial charge >= 0.3 is 0 Å². The SMILES string of the molecule is C#CCN1CN(CC#N)C(C)N(CC#N)C1C. The quantitative estimate of drug-likeness (QED) is 0.514. The lowest BCUT2D eigenvalue weighted by Crippen LogP contribution is -2.64. The first kappa shape index (κ1) is 13.5. The lowest BCUT2D eigenvalue weighted by Gasteiger charge is -2.49. The van der Waals surface area contributed by atoms with Gasteiger partial charge in [-0.05, 0) is 13.8 Å². The zero-order valence-electron chi connectivity index (χ0n) is 10.3. The van der Waals surface area contributed by atoms with E-state index in [1.165, 1.54) is 0 Å². The maximum absolute atomic E-state index is 8.85. The van der Waals surface area contributed by atoms with Gasteiger partial charge in [0.25, 0.3) is 0 Å². The summed E-state index contributed by atoms with van der Waals surface area (Å²) in [6, 6.07) is 4.31. The van der Waals surface area contributed by atoms with E-state index < -0.39 is 0 Å². The molecule has 0 radical (unpaired) electrons. The Balaban J connectivity index is 2.84. The van der Waals surface area contributed by atoms with Gasteiger partial charge < -0.3 is 0 Å². The second kappa shape index (κ2) is 6.23. The highest BCUT2D eigenvalue weighted by atomic mass is 15.5. The molecule has 0 aromatic carbocycles. The van der Waals surface area contributed by atoms with Gasteiger partial charge in [0.2, 0.25) is 0 Å². The number of nitriles is 2. The van der Waals surface area contributed by atoms with Crippen molar-refractivity contribution in [1.82, 2.24) is 14.7 Å². The van der Waals surface area contributed by atoms with Crippen molar-refractivity contribution in [1.29, 1.82) is 10.5 Å². The van der Waals surface area contributed by atoms with Crippen LogP contribution in [0.3, 0.4) is 0 Å². The molecule has 0 aromatic rings. The summed E-state index contributed by atoms with van der Waals surface area (Å²) in [7, 11) is 0. The Labute approximate surface area is 103 Å². The maximum atomic E-state index is 8.85. The number of terminal acetylenes is 1. The summed E-state index contributed by atoms with van der Waals surface area (Å²) in [6.07, 6.45) is 5.54. The molecule has 0 aliphatic carbocycles. The van der Waals surface area contributed by atoms with Crippen LogP contribution >= 0.6 is 0 Å². The fraction of sp³-hybridized carbons (Fsp3) is 0.667. The van der Waals surface area contributed by atoms with Crippen molar-refractivity contribution >= 4 is 0 Å². The molecular weight excluding hydrogens is 214 g/mol. The Morgan fingerprint density at radius 1 is 1.06 bits per heavy atom. The van der Waals surface area contributed by atoms with E-state index >= 15 is 0 Å². The van der Waals surface area contributed by atoms with Gasteiger partial charge in [-0.15, -0.1) is 6.42 Å². The molecule has 0 saturated carbocycles. The van der Waals surface area contributed by atoms with Crippen LogP contribution in [0.2, 0.25) is 0 Å². The van der Waals surface area contributed by atoms with Gasteiger partial charge in [0.15, 0.2) is 0 Å². The highest BCUT2D eigenvalue weighted by Crippen LogP contribution is 2.19. The second-order valence-electron chi connectivity index (χ2n) is 4.09. The van der Waals surface area contributed by atoms with E-state index in [1.54, 1.807) is 0 Å². The molecule has 90 valence electrons. The summed E-state index contributed by atoms with van der Waals surface area (Å²) in [4.78, 5) is 6.13. The molecule has 1 fully saturated rings. The van der Waals surface area contributed by atoms with Crippen molar-refractivity contribution in [3.8, 4) is 24.5 Å². The predicted molar refractivity (Wildman–Crippen MR) is 64.0 cm³/mol. The fourth-order valence-electron chi connectivity index (χ4n) is 2.12. The molecule has 1 saturated heterocycles. The highest BCUT2D eigenvalue weighted by molar-refractivity contribution is 4.95. The van der Waals surface area contributed by atoms with Crippen molar-refractivity contribution in [2.24, 2.45) is 0 Å². The minimum Gasteiger partial charge on any atom is -0.264 e. The standard InChI is InChI=1S/C12H17N5/c1-4-7-15-10-16(8-5-13)12(3)17(9-6-14)11(15)2/h1,11-12H,7-10H2,2-3H3. The van der Waals surface area contributed by atoms with E-state index in [2.05, 4.69) is 23.0 Å². The first-order chi connectivity index (χ1) is 8.15. The van der Waals surface area contributed by atoms with Crippen molar-refractivity contribution in [2.75, 3.05) is 26.3 Å². The van der Waals surface area contributed by atoms with Crippen molar-refractivity contribution in [3.63, 3.8) is 0 Å². The molecule has 0 spiro atoms. The monoisotopic (exact) mass is 231 g/mol. The Morgan fingerprint density at radius 3 is 2.06 bits per heavy atom. The Bertz CT molecular complexity index is 344. The molecule has 1 heterocycles. The summed E-state index contributed by atoms with van der Waals surface area (Å²) in [6.45, 7) is 5.93. The first-order valence-corrected chi connectivity index (χ1v) is 5.57. The van der Waals surface area contributed by atoms with Crippen molar-refractivity contribution in [3.05, 3.63) is 0 Å². The number of nitrogens with zero attached hydrogens (tertiary/aromatic N) is 5. The Kier molecular flexibility index (Phi) is 4.94. The van der Waals surface area contributed by atoms with Crippen LogP contribution in [0.5, 0.6) is 0 Å². The molecule has 1 aliphatic heterocycles. The van der Waals surface area contributed by atoms with Crippen molar-refractivity contribution in [2.45, 2.75) is 26.2 Å². The van der Waals surface area contributed by atoms with Crippen LogP contribution in [-0.2, 0) is 0 Å². The smallest absolute Gasteiger partial charge is 0.0891 e. The summed E-state index contributed by atoms with van der Waals surface area (Å²) in [5, 5.41) is 17.7. The van der Waals surface area contributed by atoms with Crippen LogP contribution in [0, 0.1) is 35.0 Å². The summed E-state index contributed by atoms with van der Waals surface area (Å²) in [5.74, 6) is 2.61. The average molecular weight is 231 g/mol. The Hall–Kier alpha value is -1.58. The second-order valence-corrected chi connectivity index (χ2v) is 4.09. The fourth-order valence-corrected chi connectivity index (χ4v) is 2.12. The zero-order valence-corrected chi connectivity index (χ0v) is 10.3. The van der Waals surface area contributed by atoms with Gasteiger partial charge in [-0.2, -0.15) is 10.5 Å². The molecule has 0 amide bonds. The van der Waals surface area contributed by atoms with E-state index in [4.69, 9.17) is 16.9 Å². The van der Waals surface area contributed by atoms with E-state index in [-0.39, 0.29) is 12.3 Å². The average Bonchev–Trinajstić information content (AvgIpc) is 2.31. The lowest BCUT2D eigenvalue weighted by molar-refractivity contribution is -0.102. The van der Waals surface area contributed by atoms with Crippen LogP contribution < -0.4 is 0 Å². The molecule has 1 rings (SSSR count). The number of hydrogen-bond donors (Lipinski definition) is 0. The van der Waals surface area contributed by atoms with E-state index in [1.807, 2.05) is 23.6 Å². The molecule has 0 N–H and O–H groups in total. The maximum Gasteiger partial charge on any atom is 0.0891 e. The minimum absolute atomic E-state index is 0.0818. The van der Waals surface area contributed by atoms with Gasteiger partial charge in [-0.1, -0.05) is 5.92 Å². The first-order valence-electron chi connectivity index (χ1n) is 5.57. The van der Waals surface area contributed by atoms with Crippen LogP contribution in [0.1, 0.15) is 13.8 Å². The summed E-state index contributed by atoms with van der Waals surface area (Å²) < 4.78 is 0. The van der Waals surface area contributed by atoms with Crippen LogP contribution in [0.15, 0.2) is 0 Å². The third-order valence-corrected chi connectivity index (χ3v) is 3.20. The van der Waals surface area contributed by atoms with Gasteiger partial charge in [0.1, 0.15) is 0 Å². The van der Waals surface area contributed by atoms with Crippen LogP contribution in [-0.4, -0.2) is 53.3 Å². The zero-order chi connectivity index (χ0) is 12.8. The molecule has 0 bridgehead atoms. The topological polar surface area (TPSA) is 57.3 Å². The molecular formula is C12H17N5. The van der Waals surface area contributed by atoms with Crippen LogP contribution in [0.25, 0.3) is 0 Å².